The van der Waals surface area contributed by atoms with Crippen LogP contribution in [0.15, 0.2) is 152 Å². The van der Waals surface area contributed by atoms with Gasteiger partial charge in [0.25, 0.3) is 0 Å². The molecule has 0 saturated heterocycles. The summed E-state index contributed by atoms with van der Waals surface area (Å²) in [6, 6.07) is 39.2. The molecule has 5 heteroatoms. The molecular weight excluding hydrogens is 574 g/mol. The van der Waals surface area contributed by atoms with Gasteiger partial charge in [-0.1, -0.05) is 85.0 Å². The number of para-hydroxylation sites is 1. The lowest BCUT2D eigenvalue weighted by Crippen LogP contribution is -2.12. The van der Waals surface area contributed by atoms with E-state index in [2.05, 4.69) is 143 Å². The number of nitrogens with one attached hydrogen (secondary N) is 2. The Bertz CT molecular complexity index is 2440. The molecule has 3 aromatic heterocycles. The summed E-state index contributed by atoms with van der Waals surface area (Å²) in [6.45, 7) is 1.64. The number of dihydropyridines is 2. The Hall–Kier alpha value is -6.20. The molecular formula is C42H31N5. The van der Waals surface area contributed by atoms with Gasteiger partial charge in [0, 0.05) is 64.0 Å². The van der Waals surface area contributed by atoms with E-state index in [1.54, 1.807) is 0 Å². The summed E-state index contributed by atoms with van der Waals surface area (Å²) in [5, 5.41) is 11.4. The number of benzene rings is 4. The number of fused-ring (bicyclic) bond motifs is 5. The molecule has 2 aliphatic heterocycles. The molecule has 0 unspecified atom stereocenters. The van der Waals surface area contributed by atoms with Gasteiger partial charge in [-0.3, -0.25) is 4.98 Å². The summed E-state index contributed by atoms with van der Waals surface area (Å²) >= 11 is 0. The minimum Gasteiger partial charge on any atom is -0.387 e. The summed E-state index contributed by atoms with van der Waals surface area (Å²) in [4.78, 5) is 9.93. The van der Waals surface area contributed by atoms with Crippen LogP contribution in [-0.2, 0) is 0 Å². The van der Waals surface area contributed by atoms with Crippen LogP contribution in [0, 0.1) is 0 Å². The second kappa shape index (κ2) is 11.3. The van der Waals surface area contributed by atoms with Crippen molar-refractivity contribution >= 4 is 43.7 Å². The maximum Gasteiger partial charge on any atom is 0.0709 e. The van der Waals surface area contributed by atoms with Gasteiger partial charge in [0.1, 0.15) is 0 Å². The van der Waals surface area contributed by atoms with Crippen LogP contribution >= 0.6 is 0 Å². The van der Waals surface area contributed by atoms with E-state index in [0.29, 0.717) is 0 Å². The Kier molecular flexibility index (Phi) is 6.53. The summed E-state index contributed by atoms with van der Waals surface area (Å²) in [5.74, 6) is 0. The van der Waals surface area contributed by atoms with Gasteiger partial charge in [-0.05, 0) is 71.3 Å². The molecule has 0 atom stereocenters. The predicted molar refractivity (Wildman–Crippen MR) is 195 cm³/mol. The fourth-order valence-electron chi connectivity index (χ4n) is 6.80. The molecule has 0 amide bonds. The number of allylic oxidation sites excluding steroid dienone is 4. The van der Waals surface area contributed by atoms with Crippen LogP contribution in [0.1, 0.15) is 11.3 Å². The lowest BCUT2D eigenvalue weighted by Gasteiger charge is -2.13. The number of hydrogen-bond acceptors (Lipinski definition) is 4. The highest BCUT2D eigenvalue weighted by Gasteiger charge is 2.17. The zero-order valence-electron chi connectivity index (χ0n) is 25.7. The first-order valence-corrected chi connectivity index (χ1v) is 16.0. The number of aromatic nitrogens is 3. The fraction of sp³-hybridized carbons (Fsp3) is 0.0476. The molecule has 2 N–H and O–H groups in total. The average molecular weight is 606 g/mol. The van der Waals surface area contributed by atoms with Gasteiger partial charge in [0.2, 0.25) is 0 Å². The molecule has 0 radical (unpaired) electrons. The lowest BCUT2D eigenvalue weighted by atomic mass is 10.0. The summed E-state index contributed by atoms with van der Waals surface area (Å²) in [7, 11) is 0. The number of rotatable bonds is 5. The van der Waals surface area contributed by atoms with Crippen LogP contribution in [0.25, 0.3) is 71.9 Å². The maximum atomic E-state index is 5.04. The minimum absolute atomic E-state index is 0.781. The van der Waals surface area contributed by atoms with Gasteiger partial charge in [0.15, 0.2) is 0 Å². The van der Waals surface area contributed by atoms with Crippen LogP contribution in [0.4, 0.5) is 0 Å². The van der Waals surface area contributed by atoms with Crippen LogP contribution in [0.3, 0.4) is 0 Å². The van der Waals surface area contributed by atoms with E-state index in [4.69, 9.17) is 9.97 Å². The van der Waals surface area contributed by atoms with Gasteiger partial charge in [-0.15, -0.1) is 0 Å². The van der Waals surface area contributed by atoms with Crippen molar-refractivity contribution in [2.45, 2.75) is 0 Å². The molecule has 5 heterocycles. The van der Waals surface area contributed by atoms with Crippen LogP contribution in [0.2, 0.25) is 0 Å². The second-order valence-electron chi connectivity index (χ2n) is 12.0. The first-order chi connectivity index (χ1) is 23.3. The van der Waals surface area contributed by atoms with Crippen LogP contribution in [0.5, 0.6) is 0 Å². The molecule has 0 saturated carbocycles. The van der Waals surface area contributed by atoms with Gasteiger partial charge in [-0.2, -0.15) is 0 Å². The molecule has 0 spiro atoms. The van der Waals surface area contributed by atoms with Gasteiger partial charge in [-0.25, -0.2) is 4.98 Å². The number of hydrogen-bond donors (Lipinski definition) is 2. The Balaban J connectivity index is 1.19. The number of nitrogens with zero attached hydrogens (tertiary/aromatic N) is 3. The molecule has 224 valence electrons. The van der Waals surface area contributed by atoms with E-state index in [-0.39, 0.29) is 0 Å². The smallest absolute Gasteiger partial charge is 0.0709 e. The summed E-state index contributed by atoms with van der Waals surface area (Å²) < 4.78 is 2.41. The number of pyridine rings is 2. The lowest BCUT2D eigenvalue weighted by molar-refractivity contribution is 0.976. The first-order valence-electron chi connectivity index (χ1n) is 16.0. The van der Waals surface area contributed by atoms with Crippen molar-refractivity contribution in [3.05, 3.63) is 163 Å². The third-order valence-electron chi connectivity index (χ3n) is 9.12. The molecule has 5 nitrogen and oxygen atoms in total. The van der Waals surface area contributed by atoms with E-state index in [1.807, 2.05) is 24.7 Å². The Morgan fingerprint density at radius 2 is 1.49 bits per heavy atom. The highest BCUT2D eigenvalue weighted by molar-refractivity contribution is 6.19. The zero-order valence-corrected chi connectivity index (χ0v) is 25.7. The molecule has 47 heavy (non-hydrogen) atoms. The van der Waals surface area contributed by atoms with E-state index in [0.717, 1.165) is 63.6 Å². The van der Waals surface area contributed by atoms with E-state index >= 15 is 0 Å². The van der Waals surface area contributed by atoms with E-state index in [9.17, 15) is 0 Å². The monoisotopic (exact) mass is 605 g/mol. The Morgan fingerprint density at radius 1 is 0.660 bits per heavy atom. The molecule has 0 aliphatic carbocycles. The van der Waals surface area contributed by atoms with Gasteiger partial charge >= 0.3 is 0 Å². The van der Waals surface area contributed by atoms with Crippen molar-refractivity contribution in [2.24, 2.45) is 0 Å². The SMILES string of the molecule is C1=CNCC(c2cccc(-c3ccc4c(ccc5c6ccc(-c7ccc(C8=CNCC=C8)cn7)cc6n(-c6ccccc6)c45)c3)n2)=C1. The topological polar surface area (TPSA) is 54.8 Å². The highest BCUT2D eigenvalue weighted by Crippen LogP contribution is 2.39. The molecule has 4 aromatic carbocycles. The second-order valence-corrected chi connectivity index (χ2v) is 12.0. The third-order valence-corrected chi connectivity index (χ3v) is 9.12. The van der Waals surface area contributed by atoms with Gasteiger partial charge < -0.3 is 15.2 Å². The normalized spacial score (nSPS) is 14.2. The third kappa shape index (κ3) is 4.80. The average Bonchev–Trinajstić information content (AvgIpc) is 3.50. The van der Waals surface area contributed by atoms with Crippen molar-refractivity contribution in [1.82, 2.24) is 25.2 Å². The largest absolute Gasteiger partial charge is 0.387 e. The van der Waals surface area contributed by atoms with Crippen molar-refractivity contribution in [1.29, 1.82) is 0 Å². The molecule has 9 rings (SSSR count). The van der Waals surface area contributed by atoms with E-state index in [1.165, 1.54) is 32.6 Å². The van der Waals surface area contributed by atoms with Crippen molar-refractivity contribution in [2.75, 3.05) is 13.1 Å². The van der Waals surface area contributed by atoms with Crippen molar-refractivity contribution in [3.8, 4) is 28.2 Å². The first kappa shape index (κ1) is 27.1. The maximum absolute atomic E-state index is 5.04. The molecule has 7 aromatic rings. The standard InChI is InChI=1S/C42H31N5/c1-2-9-34(10-3-1)47-41-24-30(38-20-16-32(27-45-38)31-7-5-21-43-25-31)15-18-36(41)37-19-13-28-23-29(14-17-35(28)42(37)47)39-11-4-12-40(46-39)33-8-6-22-44-26-33/h1-20,22-25,27,43-44H,21,26H2. The quantitative estimate of drug-likeness (QED) is 0.206. The van der Waals surface area contributed by atoms with Crippen LogP contribution in [-0.4, -0.2) is 27.6 Å². The molecule has 0 fully saturated rings. The molecule has 2 aliphatic rings. The summed E-state index contributed by atoms with van der Waals surface area (Å²) in [6.07, 6.45) is 14.4. The van der Waals surface area contributed by atoms with E-state index < -0.39 is 0 Å². The van der Waals surface area contributed by atoms with Crippen molar-refractivity contribution < 1.29 is 0 Å². The fourth-order valence-corrected chi connectivity index (χ4v) is 6.80. The molecule has 0 bridgehead atoms. The van der Waals surface area contributed by atoms with Gasteiger partial charge in [0.05, 0.1) is 28.1 Å². The van der Waals surface area contributed by atoms with Crippen molar-refractivity contribution in [3.63, 3.8) is 0 Å². The minimum atomic E-state index is 0.781. The summed E-state index contributed by atoms with van der Waals surface area (Å²) in [5.41, 5.74) is 12.0. The predicted octanol–water partition coefficient (Wildman–Crippen LogP) is 9.06. The highest BCUT2D eigenvalue weighted by atomic mass is 15.0. The Labute approximate surface area is 272 Å². The zero-order chi connectivity index (χ0) is 31.2. The Morgan fingerprint density at radius 3 is 2.30 bits per heavy atom. The van der Waals surface area contributed by atoms with Crippen LogP contribution < -0.4 is 10.6 Å².